The maximum atomic E-state index is 12.5. The van der Waals surface area contributed by atoms with E-state index in [2.05, 4.69) is 16.6 Å². The summed E-state index contributed by atoms with van der Waals surface area (Å²) >= 11 is 0. The molecule has 5 N–H and O–H groups in total. The van der Waals surface area contributed by atoms with E-state index in [-0.39, 0.29) is 22.8 Å². The molecule has 0 fully saturated rings. The number of hydrogen-bond donors (Lipinski definition) is 4. The Morgan fingerprint density at radius 2 is 1.78 bits per heavy atom. The molecule has 2 rings (SSSR count). The SMILES string of the molecule is C=CCOC(=O)Nc1ccc(NS(=O)(=O)c2cccc(C(=O)NN)c2)cc1. The average molecular weight is 390 g/mol. The second-order valence-electron chi connectivity index (χ2n) is 5.20. The third-order valence-corrected chi connectivity index (χ3v) is 4.63. The van der Waals surface area contributed by atoms with Crippen molar-refractivity contribution in [3.63, 3.8) is 0 Å². The summed E-state index contributed by atoms with van der Waals surface area (Å²) in [4.78, 5) is 22.9. The van der Waals surface area contributed by atoms with Gasteiger partial charge in [0.2, 0.25) is 0 Å². The predicted molar refractivity (Wildman–Crippen MR) is 101 cm³/mol. The molecule has 0 aromatic heterocycles. The molecule has 0 unspecified atom stereocenters. The second kappa shape index (κ2) is 8.83. The summed E-state index contributed by atoms with van der Waals surface area (Å²) in [6, 6.07) is 11.4. The molecule has 27 heavy (non-hydrogen) atoms. The van der Waals surface area contributed by atoms with Crippen LogP contribution in [0.2, 0.25) is 0 Å². The van der Waals surface area contributed by atoms with E-state index in [1.807, 2.05) is 5.43 Å². The highest BCUT2D eigenvalue weighted by molar-refractivity contribution is 7.92. The molecule has 142 valence electrons. The van der Waals surface area contributed by atoms with Gasteiger partial charge in [-0.1, -0.05) is 18.7 Å². The Labute approximate surface area is 156 Å². The normalized spacial score (nSPS) is 10.6. The molecular formula is C17H18N4O5S. The molecule has 0 radical (unpaired) electrons. The van der Waals surface area contributed by atoms with Crippen molar-refractivity contribution >= 4 is 33.4 Å². The Morgan fingerprint density at radius 1 is 1.11 bits per heavy atom. The van der Waals surface area contributed by atoms with Crippen molar-refractivity contribution in [1.29, 1.82) is 0 Å². The largest absolute Gasteiger partial charge is 0.445 e. The molecule has 0 saturated carbocycles. The monoisotopic (exact) mass is 390 g/mol. The zero-order chi connectivity index (χ0) is 19.9. The van der Waals surface area contributed by atoms with Crippen LogP contribution in [0.25, 0.3) is 0 Å². The number of carbonyl (C=O) groups excluding carboxylic acids is 2. The fraction of sp³-hybridized carbons (Fsp3) is 0.0588. The van der Waals surface area contributed by atoms with Crippen LogP contribution in [-0.4, -0.2) is 27.0 Å². The van der Waals surface area contributed by atoms with E-state index in [0.29, 0.717) is 5.69 Å². The zero-order valence-electron chi connectivity index (χ0n) is 14.1. The summed E-state index contributed by atoms with van der Waals surface area (Å²) in [6.07, 6.45) is 0.780. The third-order valence-electron chi connectivity index (χ3n) is 3.25. The minimum atomic E-state index is -3.92. The summed E-state index contributed by atoms with van der Waals surface area (Å²) < 4.78 is 32.1. The first-order chi connectivity index (χ1) is 12.9. The zero-order valence-corrected chi connectivity index (χ0v) is 15.0. The van der Waals surface area contributed by atoms with Crippen LogP contribution >= 0.6 is 0 Å². The highest BCUT2D eigenvalue weighted by Gasteiger charge is 2.16. The van der Waals surface area contributed by atoms with Gasteiger partial charge >= 0.3 is 6.09 Å². The lowest BCUT2D eigenvalue weighted by atomic mass is 10.2. The van der Waals surface area contributed by atoms with Crippen LogP contribution in [0.1, 0.15) is 10.4 Å². The van der Waals surface area contributed by atoms with Crippen molar-refractivity contribution in [3.05, 3.63) is 66.7 Å². The van der Waals surface area contributed by atoms with Gasteiger partial charge in [-0.3, -0.25) is 20.3 Å². The van der Waals surface area contributed by atoms with E-state index in [1.54, 1.807) is 0 Å². The molecule has 2 aromatic rings. The minimum Gasteiger partial charge on any atom is -0.445 e. The fourth-order valence-electron chi connectivity index (χ4n) is 2.01. The molecule has 0 bridgehead atoms. The number of sulfonamides is 1. The van der Waals surface area contributed by atoms with Crippen LogP contribution in [0.4, 0.5) is 16.2 Å². The summed E-state index contributed by atoms with van der Waals surface area (Å²) in [5.74, 6) is 4.45. The van der Waals surface area contributed by atoms with Crippen molar-refractivity contribution in [3.8, 4) is 0 Å². The number of rotatable bonds is 7. The Morgan fingerprint density at radius 3 is 2.41 bits per heavy atom. The molecule has 0 spiro atoms. The Bertz CT molecular complexity index is 942. The molecule has 2 aromatic carbocycles. The van der Waals surface area contributed by atoms with Gasteiger partial charge in [-0.15, -0.1) is 0 Å². The molecule has 0 aliphatic rings. The standard InChI is InChI=1S/C17H18N4O5S/c1-2-10-26-17(23)19-13-6-8-14(9-7-13)21-27(24,25)15-5-3-4-12(11-15)16(22)20-18/h2-9,11,21H,1,10,18H2,(H,19,23)(H,20,22). The van der Waals surface area contributed by atoms with E-state index < -0.39 is 22.0 Å². The van der Waals surface area contributed by atoms with Crippen molar-refractivity contribution in [1.82, 2.24) is 5.43 Å². The molecule has 0 aliphatic carbocycles. The molecule has 0 heterocycles. The number of hydrogen-bond acceptors (Lipinski definition) is 6. The van der Waals surface area contributed by atoms with E-state index >= 15 is 0 Å². The number of nitrogens with two attached hydrogens (primary N) is 1. The third kappa shape index (κ3) is 5.56. The first kappa shape index (κ1) is 19.9. The quantitative estimate of drug-likeness (QED) is 0.246. The van der Waals surface area contributed by atoms with Crippen LogP contribution in [0.15, 0.2) is 66.1 Å². The topological polar surface area (TPSA) is 140 Å². The van der Waals surface area contributed by atoms with Gasteiger partial charge in [0.1, 0.15) is 6.61 Å². The summed E-state index contributed by atoms with van der Waals surface area (Å²) in [7, 11) is -3.92. The van der Waals surface area contributed by atoms with Crippen LogP contribution in [0.3, 0.4) is 0 Å². The maximum Gasteiger partial charge on any atom is 0.411 e. The Hall–Kier alpha value is -3.37. The van der Waals surface area contributed by atoms with Crippen LogP contribution in [0.5, 0.6) is 0 Å². The maximum absolute atomic E-state index is 12.5. The number of nitrogens with one attached hydrogen (secondary N) is 3. The van der Waals surface area contributed by atoms with Gasteiger partial charge in [0.15, 0.2) is 0 Å². The molecule has 0 aliphatic heterocycles. The van der Waals surface area contributed by atoms with Gasteiger partial charge in [0.25, 0.3) is 15.9 Å². The Kier molecular flexibility index (Phi) is 6.52. The summed E-state index contributed by atoms with van der Waals surface area (Å²) in [5, 5.41) is 2.48. The molecule has 10 heteroatoms. The van der Waals surface area contributed by atoms with Crippen molar-refractivity contribution < 1.29 is 22.7 Å². The minimum absolute atomic E-state index is 0.0744. The summed E-state index contributed by atoms with van der Waals surface area (Å²) in [5.41, 5.74) is 2.75. The fourth-order valence-corrected chi connectivity index (χ4v) is 3.12. The van der Waals surface area contributed by atoms with Crippen molar-refractivity contribution in [2.24, 2.45) is 5.84 Å². The number of ether oxygens (including phenoxy) is 1. The van der Waals surface area contributed by atoms with Gasteiger partial charge in [0, 0.05) is 16.9 Å². The number of amides is 2. The first-order valence-corrected chi connectivity index (χ1v) is 9.12. The number of hydrazine groups is 1. The Balaban J connectivity index is 2.10. The smallest absolute Gasteiger partial charge is 0.411 e. The number of anilines is 2. The van der Waals surface area contributed by atoms with Gasteiger partial charge in [-0.2, -0.15) is 0 Å². The molecule has 9 nitrogen and oxygen atoms in total. The van der Waals surface area contributed by atoms with Crippen LogP contribution < -0.4 is 21.3 Å². The van der Waals surface area contributed by atoms with Crippen LogP contribution in [-0.2, 0) is 14.8 Å². The number of nitrogen functional groups attached to an aromatic ring is 1. The van der Waals surface area contributed by atoms with Gasteiger partial charge in [-0.25, -0.2) is 19.1 Å². The lowest BCUT2D eigenvalue weighted by molar-refractivity contribution is 0.0953. The average Bonchev–Trinajstić information content (AvgIpc) is 2.67. The lowest BCUT2D eigenvalue weighted by Crippen LogP contribution is -2.30. The molecule has 2 amide bonds. The van der Waals surface area contributed by atoms with E-state index in [4.69, 9.17) is 10.6 Å². The van der Waals surface area contributed by atoms with Crippen LogP contribution in [0, 0.1) is 0 Å². The number of carbonyl (C=O) groups is 2. The lowest BCUT2D eigenvalue weighted by Gasteiger charge is -2.10. The van der Waals surface area contributed by atoms with Gasteiger partial charge < -0.3 is 4.74 Å². The molecule has 0 atom stereocenters. The molecule has 0 saturated heterocycles. The highest BCUT2D eigenvalue weighted by Crippen LogP contribution is 2.19. The summed E-state index contributed by atoms with van der Waals surface area (Å²) in [6.45, 7) is 3.51. The van der Waals surface area contributed by atoms with E-state index in [9.17, 15) is 18.0 Å². The molecular weight excluding hydrogens is 372 g/mol. The second-order valence-corrected chi connectivity index (χ2v) is 6.88. The van der Waals surface area contributed by atoms with Gasteiger partial charge in [-0.05, 0) is 42.5 Å². The van der Waals surface area contributed by atoms with Crippen molar-refractivity contribution in [2.75, 3.05) is 16.6 Å². The number of benzene rings is 2. The van der Waals surface area contributed by atoms with Crippen molar-refractivity contribution in [2.45, 2.75) is 4.90 Å². The van der Waals surface area contributed by atoms with E-state index in [0.717, 1.165) is 0 Å². The first-order valence-electron chi connectivity index (χ1n) is 7.64. The highest BCUT2D eigenvalue weighted by atomic mass is 32.2. The van der Waals surface area contributed by atoms with E-state index in [1.165, 1.54) is 54.6 Å². The predicted octanol–water partition coefficient (Wildman–Crippen LogP) is 1.83. The van der Waals surface area contributed by atoms with Gasteiger partial charge in [0.05, 0.1) is 4.90 Å².